The molecule has 0 aromatic heterocycles. The van der Waals surface area contributed by atoms with Gasteiger partial charge in [0.05, 0.1) is 12.6 Å². The molecule has 4 N–H and O–H groups in total. The number of ether oxygens (including phenoxy) is 1. The fourth-order valence-corrected chi connectivity index (χ4v) is 1.37. The number of aliphatic hydroxyl groups is 1. The summed E-state index contributed by atoms with van der Waals surface area (Å²) >= 11 is 0. The van der Waals surface area contributed by atoms with Gasteiger partial charge in [-0.1, -0.05) is 12.1 Å². The first-order valence-electron chi connectivity index (χ1n) is 5.78. The molecule has 0 heterocycles. The van der Waals surface area contributed by atoms with E-state index in [2.05, 4.69) is 5.32 Å². The number of hydrogen-bond donors (Lipinski definition) is 3. The van der Waals surface area contributed by atoms with Crippen molar-refractivity contribution in [3.05, 3.63) is 29.8 Å². The highest BCUT2D eigenvalue weighted by Gasteiger charge is 2.16. The summed E-state index contributed by atoms with van der Waals surface area (Å²) < 4.78 is 5.14. The van der Waals surface area contributed by atoms with Gasteiger partial charge < -0.3 is 15.6 Å². The predicted octanol–water partition coefficient (Wildman–Crippen LogP) is 2.03. The average molecular weight is 252 g/mol. The molecule has 0 fully saturated rings. The van der Waals surface area contributed by atoms with Crippen molar-refractivity contribution in [2.75, 3.05) is 11.9 Å². The molecule has 1 rings (SSSR count). The highest BCUT2D eigenvalue weighted by atomic mass is 16.6. The van der Waals surface area contributed by atoms with Crippen molar-refractivity contribution >= 4 is 11.8 Å². The molecule has 0 aliphatic heterocycles. The zero-order chi connectivity index (χ0) is 13.8. The number of hydrogen-bond acceptors (Lipinski definition) is 4. The van der Waals surface area contributed by atoms with Gasteiger partial charge in [0.1, 0.15) is 5.60 Å². The van der Waals surface area contributed by atoms with Crippen LogP contribution < -0.4 is 11.1 Å². The van der Waals surface area contributed by atoms with Crippen LogP contribution in [0.3, 0.4) is 0 Å². The van der Waals surface area contributed by atoms with Gasteiger partial charge in [-0.3, -0.25) is 5.32 Å². The van der Waals surface area contributed by atoms with E-state index in [1.165, 1.54) is 0 Å². The summed E-state index contributed by atoms with van der Waals surface area (Å²) in [6, 6.07) is 6.55. The number of carbonyl (C=O) groups excluding carboxylic acids is 1. The van der Waals surface area contributed by atoms with Gasteiger partial charge in [-0.05, 0) is 38.5 Å². The maximum Gasteiger partial charge on any atom is 0.412 e. The normalized spacial score (nSPS) is 12.9. The standard InChI is InChI=1S/C13H20N2O3/c1-13(2,3)18-12(17)15-10-6-4-5-9(7-10)11(14)8-16/h4-7,11,16H,8,14H2,1-3H3,(H,15,17)/t11-/m0/s1. The first-order valence-corrected chi connectivity index (χ1v) is 5.78. The van der Waals surface area contributed by atoms with E-state index in [0.29, 0.717) is 5.69 Å². The molecule has 0 aliphatic carbocycles. The van der Waals surface area contributed by atoms with Gasteiger partial charge in [-0.25, -0.2) is 4.79 Å². The molecular weight excluding hydrogens is 232 g/mol. The molecule has 100 valence electrons. The summed E-state index contributed by atoms with van der Waals surface area (Å²) in [5, 5.41) is 11.6. The molecule has 0 radical (unpaired) electrons. The van der Waals surface area contributed by atoms with Gasteiger partial charge in [0, 0.05) is 5.69 Å². The fraction of sp³-hybridized carbons (Fsp3) is 0.462. The van der Waals surface area contributed by atoms with E-state index in [9.17, 15) is 4.79 Å². The third kappa shape index (κ3) is 4.73. The van der Waals surface area contributed by atoms with Crippen LogP contribution in [0, 0.1) is 0 Å². The van der Waals surface area contributed by atoms with Crippen molar-refractivity contribution in [1.29, 1.82) is 0 Å². The van der Waals surface area contributed by atoms with Gasteiger partial charge in [-0.2, -0.15) is 0 Å². The molecule has 1 aromatic rings. The number of rotatable bonds is 3. The Morgan fingerprint density at radius 1 is 1.50 bits per heavy atom. The molecule has 0 spiro atoms. The van der Waals surface area contributed by atoms with Crippen LogP contribution in [-0.4, -0.2) is 23.4 Å². The Morgan fingerprint density at radius 2 is 2.17 bits per heavy atom. The Labute approximate surface area is 107 Å². The van der Waals surface area contributed by atoms with Gasteiger partial charge >= 0.3 is 6.09 Å². The largest absolute Gasteiger partial charge is 0.444 e. The lowest BCUT2D eigenvalue weighted by molar-refractivity contribution is 0.0636. The maximum absolute atomic E-state index is 11.6. The summed E-state index contributed by atoms with van der Waals surface area (Å²) in [7, 11) is 0. The minimum Gasteiger partial charge on any atom is -0.444 e. The van der Waals surface area contributed by atoms with Crippen LogP contribution in [-0.2, 0) is 4.74 Å². The summed E-state index contributed by atoms with van der Waals surface area (Å²) in [6.45, 7) is 5.25. The predicted molar refractivity (Wildman–Crippen MR) is 70.3 cm³/mol. The minimum atomic E-state index is -0.538. The van der Waals surface area contributed by atoms with E-state index in [1.807, 2.05) is 0 Å². The number of anilines is 1. The molecule has 18 heavy (non-hydrogen) atoms. The smallest absolute Gasteiger partial charge is 0.412 e. The van der Waals surface area contributed by atoms with Crippen LogP contribution in [0.25, 0.3) is 0 Å². The molecule has 1 aromatic carbocycles. The molecule has 1 atom stereocenters. The summed E-state index contributed by atoms with van der Waals surface area (Å²) in [4.78, 5) is 11.6. The number of amides is 1. The van der Waals surface area contributed by atoms with Crippen LogP contribution in [0.5, 0.6) is 0 Å². The fourth-order valence-electron chi connectivity index (χ4n) is 1.37. The van der Waals surface area contributed by atoms with Gasteiger partial charge in [0.2, 0.25) is 0 Å². The highest BCUT2D eigenvalue weighted by molar-refractivity contribution is 5.84. The number of benzene rings is 1. The van der Waals surface area contributed by atoms with E-state index >= 15 is 0 Å². The lowest BCUT2D eigenvalue weighted by atomic mass is 10.1. The molecule has 5 nitrogen and oxygen atoms in total. The first-order chi connectivity index (χ1) is 8.31. The Balaban J connectivity index is 2.71. The lowest BCUT2D eigenvalue weighted by Gasteiger charge is -2.20. The van der Waals surface area contributed by atoms with Crippen molar-refractivity contribution in [2.45, 2.75) is 32.4 Å². The van der Waals surface area contributed by atoms with E-state index in [-0.39, 0.29) is 6.61 Å². The van der Waals surface area contributed by atoms with Crippen molar-refractivity contribution in [3.8, 4) is 0 Å². The third-order valence-electron chi connectivity index (χ3n) is 2.16. The van der Waals surface area contributed by atoms with Gasteiger partial charge in [0.15, 0.2) is 0 Å². The first kappa shape index (κ1) is 14.5. The summed E-state index contributed by atoms with van der Waals surface area (Å²) in [5.41, 5.74) is 6.51. The van der Waals surface area contributed by atoms with Crippen LogP contribution in [0.4, 0.5) is 10.5 Å². The topological polar surface area (TPSA) is 84.6 Å². The second kappa shape index (κ2) is 5.84. The number of nitrogens with two attached hydrogens (primary N) is 1. The SMILES string of the molecule is CC(C)(C)OC(=O)Nc1cccc([C@@H](N)CO)c1. The Bertz CT molecular complexity index is 413. The summed E-state index contributed by atoms with van der Waals surface area (Å²) in [5.74, 6) is 0. The zero-order valence-corrected chi connectivity index (χ0v) is 10.9. The molecule has 0 aliphatic rings. The minimum absolute atomic E-state index is 0.143. The molecule has 1 amide bonds. The van der Waals surface area contributed by atoms with E-state index in [1.54, 1.807) is 45.0 Å². The van der Waals surface area contributed by atoms with Crippen molar-refractivity contribution < 1.29 is 14.6 Å². The maximum atomic E-state index is 11.6. The van der Waals surface area contributed by atoms with Gasteiger partial charge in [0.25, 0.3) is 0 Å². The van der Waals surface area contributed by atoms with Crippen LogP contribution in [0.1, 0.15) is 32.4 Å². The van der Waals surface area contributed by atoms with Crippen molar-refractivity contribution in [3.63, 3.8) is 0 Å². The molecule has 0 unspecified atom stereocenters. The molecule has 0 saturated carbocycles. The van der Waals surface area contributed by atoms with E-state index in [4.69, 9.17) is 15.6 Å². The Hall–Kier alpha value is -1.59. The van der Waals surface area contributed by atoms with Crippen molar-refractivity contribution in [1.82, 2.24) is 0 Å². The number of aliphatic hydroxyl groups excluding tert-OH is 1. The van der Waals surface area contributed by atoms with E-state index < -0.39 is 17.7 Å². The van der Waals surface area contributed by atoms with E-state index in [0.717, 1.165) is 5.56 Å². The molecular formula is C13H20N2O3. The second-order valence-electron chi connectivity index (χ2n) is 5.04. The molecule has 5 heteroatoms. The quantitative estimate of drug-likeness (QED) is 0.768. The van der Waals surface area contributed by atoms with Gasteiger partial charge in [-0.15, -0.1) is 0 Å². The summed E-state index contributed by atoms with van der Waals surface area (Å²) in [6.07, 6.45) is -0.516. The monoisotopic (exact) mass is 252 g/mol. The van der Waals surface area contributed by atoms with Crippen molar-refractivity contribution in [2.24, 2.45) is 5.73 Å². The number of nitrogens with one attached hydrogen (secondary N) is 1. The Morgan fingerprint density at radius 3 is 2.72 bits per heavy atom. The van der Waals surface area contributed by atoms with Crippen LogP contribution >= 0.6 is 0 Å². The molecule has 0 saturated heterocycles. The molecule has 0 bridgehead atoms. The zero-order valence-electron chi connectivity index (χ0n) is 10.9. The van der Waals surface area contributed by atoms with Crippen LogP contribution in [0.2, 0.25) is 0 Å². The third-order valence-corrected chi connectivity index (χ3v) is 2.16. The van der Waals surface area contributed by atoms with Crippen LogP contribution in [0.15, 0.2) is 24.3 Å². The average Bonchev–Trinajstić information content (AvgIpc) is 2.25. The lowest BCUT2D eigenvalue weighted by Crippen LogP contribution is -2.27. The second-order valence-corrected chi connectivity index (χ2v) is 5.04. The Kier molecular flexibility index (Phi) is 4.69. The number of carbonyl (C=O) groups is 1. The highest BCUT2D eigenvalue weighted by Crippen LogP contribution is 2.17.